The molecule has 2 N–H and O–H groups in total. The Balaban J connectivity index is 2.00. The van der Waals surface area contributed by atoms with Crippen molar-refractivity contribution in [3.8, 4) is 0 Å². The van der Waals surface area contributed by atoms with Crippen molar-refractivity contribution in [2.45, 2.75) is 26.8 Å². The van der Waals surface area contributed by atoms with Crippen molar-refractivity contribution in [1.29, 1.82) is 0 Å². The molecule has 1 amide bonds. The van der Waals surface area contributed by atoms with E-state index in [0.717, 1.165) is 25.2 Å². The fourth-order valence-electron chi connectivity index (χ4n) is 2.58. The number of carbonyl (C=O) groups is 1. The molecule has 2 heterocycles. The molecule has 0 radical (unpaired) electrons. The highest BCUT2D eigenvalue weighted by molar-refractivity contribution is 5.83. The Hall–Kier alpha value is -1.36. The molecule has 0 aliphatic carbocycles. The summed E-state index contributed by atoms with van der Waals surface area (Å²) < 4.78 is 1.79. The highest BCUT2D eigenvalue weighted by atomic mass is 16.2. The molecule has 5 heteroatoms. The Kier molecular flexibility index (Phi) is 3.71. The van der Waals surface area contributed by atoms with Crippen LogP contribution in [0, 0.1) is 11.3 Å². The molecule has 0 spiro atoms. The van der Waals surface area contributed by atoms with Crippen LogP contribution < -0.4 is 10.6 Å². The lowest BCUT2D eigenvalue weighted by atomic mass is 9.75. The van der Waals surface area contributed by atoms with Gasteiger partial charge in [-0.2, -0.15) is 5.10 Å². The van der Waals surface area contributed by atoms with Crippen LogP contribution in [0.5, 0.6) is 0 Å². The van der Waals surface area contributed by atoms with Crippen LogP contribution in [-0.4, -0.2) is 28.8 Å². The van der Waals surface area contributed by atoms with Gasteiger partial charge in [-0.1, -0.05) is 13.8 Å². The molecule has 1 aromatic heterocycles. The topological polar surface area (TPSA) is 59.0 Å². The minimum atomic E-state index is -0.251. The zero-order chi connectivity index (χ0) is 13.2. The molecule has 1 fully saturated rings. The summed E-state index contributed by atoms with van der Waals surface area (Å²) in [5, 5.41) is 10.4. The second-order valence-corrected chi connectivity index (χ2v) is 5.37. The number of carbonyl (C=O) groups excluding carboxylic acids is 1. The lowest BCUT2D eigenvalue weighted by Crippen LogP contribution is -2.45. The summed E-state index contributed by atoms with van der Waals surface area (Å²) in [6.07, 6.45) is 2.67. The largest absolute Gasteiger partial charge is 0.350 e. The van der Waals surface area contributed by atoms with Gasteiger partial charge in [0.2, 0.25) is 5.91 Å². The van der Waals surface area contributed by atoms with Gasteiger partial charge in [0.05, 0.1) is 17.7 Å². The van der Waals surface area contributed by atoms with E-state index >= 15 is 0 Å². The predicted molar refractivity (Wildman–Crippen MR) is 69.8 cm³/mol. The van der Waals surface area contributed by atoms with E-state index in [1.165, 1.54) is 0 Å². The second-order valence-electron chi connectivity index (χ2n) is 5.37. The van der Waals surface area contributed by atoms with E-state index in [4.69, 9.17) is 0 Å². The van der Waals surface area contributed by atoms with Gasteiger partial charge in [-0.05, 0) is 24.9 Å². The van der Waals surface area contributed by atoms with Crippen LogP contribution in [-0.2, 0) is 18.4 Å². The Morgan fingerprint density at radius 3 is 2.94 bits per heavy atom. The van der Waals surface area contributed by atoms with Gasteiger partial charge in [0.1, 0.15) is 0 Å². The number of rotatable bonds is 4. The zero-order valence-corrected chi connectivity index (χ0v) is 11.4. The van der Waals surface area contributed by atoms with Crippen LogP contribution in [0.3, 0.4) is 0 Å². The van der Waals surface area contributed by atoms with Crippen LogP contribution in [0.4, 0.5) is 0 Å². The molecular weight excluding hydrogens is 228 g/mol. The normalized spacial score (nSPS) is 23.6. The van der Waals surface area contributed by atoms with Gasteiger partial charge < -0.3 is 10.6 Å². The van der Waals surface area contributed by atoms with Crippen LogP contribution in [0.15, 0.2) is 12.3 Å². The summed E-state index contributed by atoms with van der Waals surface area (Å²) in [5.41, 5.74) is 0.770. The summed E-state index contributed by atoms with van der Waals surface area (Å²) in [6, 6.07) is 1.93. The number of amides is 1. The number of nitrogens with one attached hydrogen (secondary N) is 2. The third kappa shape index (κ3) is 2.27. The van der Waals surface area contributed by atoms with Gasteiger partial charge in [-0.25, -0.2) is 0 Å². The Morgan fingerprint density at radius 1 is 1.67 bits per heavy atom. The molecule has 18 heavy (non-hydrogen) atoms. The maximum atomic E-state index is 12.4. The van der Waals surface area contributed by atoms with Crippen molar-refractivity contribution in [3.05, 3.63) is 18.0 Å². The number of aromatic nitrogens is 2. The molecule has 1 atom stereocenters. The van der Waals surface area contributed by atoms with Crippen LogP contribution >= 0.6 is 0 Å². The van der Waals surface area contributed by atoms with Gasteiger partial charge in [0.15, 0.2) is 0 Å². The van der Waals surface area contributed by atoms with Gasteiger partial charge in [-0.15, -0.1) is 0 Å². The lowest BCUT2D eigenvalue weighted by Gasteiger charge is -2.31. The van der Waals surface area contributed by atoms with E-state index < -0.39 is 0 Å². The number of hydrogen-bond acceptors (Lipinski definition) is 3. The minimum absolute atomic E-state index is 0.156. The summed E-state index contributed by atoms with van der Waals surface area (Å²) in [6.45, 7) is 6.50. The average Bonchev–Trinajstić information content (AvgIpc) is 2.95. The molecule has 0 aromatic carbocycles. The fourth-order valence-corrected chi connectivity index (χ4v) is 2.58. The second kappa shape index (κ2) is 5.10. The molecule has 1 aromatic rings. The van der Waals surface area contributed by atoms with Crippen molar-refractivity contribution in [1.82, 2.24) is 20.4 Å². The van der Waals surface area contributed by atoms with E-state index in [0.29, 0.717) is 12.5 Å². The predicted octanol–water partition coefficient (Wildman–Crippen LogP) is 0.672. The van der Waals surface area contributed by atoms with E-state index in [1.54, 1.807) is 10.9 Å². The summed E-state index contributed by atoms with van der Waals surface area (Å²) >= 11 is 0. The molecule has 1 saturated heterocycles. The molecule has 5 nitrogen and oxygen atoms in total. The molecule has 1 unspecified atom stereocenters. The number of hydrogen-bond donors (Lipinski definition) is 2. The Morgan fingerprint density at radius 2 is 2.44 bits per heavy atom. The standard InChI is InChI=1S/C13H22N4O/c1-10(2)13(5-7-14-9-13)12(18)15-8-11-4-6-16-17(11)3/h4,6,10,14H,5,7-9H2,1-3H3,(H,15,18). The van der Waals surface area contributed by atoms with E-state index in [2.05, 4.69) is 29.6 Å². The first-order chi connectivity index (χ1) is 8.56. The summed E-state index contributed by atoms with van der Waals surface area (Å²) in [4.78, 5) is 12.4. The molecule has 1 aliphatic rings. The highest BCUT2D eigenvalue weighted by Gasteiger charge is 2.43. The maximum Gasteiger partial charge on any atom is 0.228 e. The average molecular weight is 250 g/mol. The molecule has 2 rings (SSSR count). The first kappa shape index (κ1) is 13.1. The molecule has 1 aliphatic heterocycles. The third-order valence-electron chi connectivity index (χ3n) is 4.10. The SMILES string of the molecule is CC(C)C1(C(=O)NCc2ccnn2C)CCNC1. The third-order valence-corrected chi connectivity index (χ3v) is 4.10. The first-order valence-corrected chi connectivity index (χ1v) is 6.52. The number of nitrogens with zero attached hydrogens (tertiary/aromatic N) is 2. The van der Waals surface area contributed by atoms with E-state index in [9.17, 15) is 4.79 Å². The van der Waals surface area contributed by atoms with Crippen molar-refractivity contribution in [2.24, 2.45) is 18.4 Å². The van der Waals surface area contributed by atoms with Crippen LogP contribution in [0.2, 0.25) is 0 Å². The van der Waals surface area contributed by atoms with Crippen molar-refractivity contribution in [2.75, 3.05) is 13.1 Å². The minimum Gasteiger partial charge on any atom is -0.350 e. The highest BCUT2D eigenvalue weighted by Crippen LogP contribution is 2.34. The molecular formula is C13H22N4O. The van der Waals surface area contributed by atoms with Gasteiger partial charge >= 0.3 is 0 Å². The summed E-state index contributed by atoms with van der Waals surface area (Å²) in [5.74, 6) is 0.503. The van der Waals surface area contributed by atoms with Crippen LogP contribution in [0.25, 0.3) is 0 Å². The quantitative estimate of drug-likeness (QED) is 0.826. The van der Waals surface area contributed by atoms with Gasteiger partial charge in [0, 0.05) is 19.8 Å². The summed E-state index contributed by atoms with van der Waals surface area (Å²) in [7, 11) is 1.89. The Labute approximate surface area is 108 Å². The van der Waals surface area contributed by atoms with E-state index in [1.807, 2.05) is 13.1 Å². The van der Waals surface area contributed by atoms with Crippen molar-refractivity contribution < 1.29 is 4.79 Å². The lowest BCUT2D eigenvalue weighted by molar-refractivity contribution is -0.132. The monoisotopic (exact) mass is 250 g/mol. The van der Waals surface area contributed by atoms with Gasteiger partial charge in [0.25, 0.3) is 0 Å². The van der Waals surface area contributed by atoms with E-state index in [-0.39, 0.29) is 11.3 Å². The van der Waals surface area contributed by atoms with Crippen LogP contribution in [0.1, 0.15) is 26.0 Å². The van der Waals surface area contributed by atoms with Crippen molar-refractivity contribution >= 4 is 5.91 Å². The fraction of sp³-hybridized carbons (Fsp3) is 0.692. The molecule has 0 saturated carbocycles. The zero-order valence-electron chi connectivity index (χ0n) is 11.4. The molecule has 100 valence electrons. The first-order valence-electron chi connectivity index (χ1n) is 6.52. The Bertz CT molecular complexity index is 418. The maximum absolute atomic E-state index is 12.4. The van der Waals surface area contributed by atoms with Gasteiger partial charge in [-0.3, -0.25) is 9.48 Å². The van der Waals surface area contributed by atoms with Crippen molar-refractivity contribution in [3.63, 3.8) is 0 Å². The molecule has 0 bridgehead atoms. The number of aryl methyl sites for hydroxylation is 1. The smallest absolute Gasteiger partial charge is 0.228 e.